The molecular formula is C20H22N2O2S2. The highest BCUT2D eigenvalue weighted by Crippen LogP contribution is 2.38. The number of nitrogens with zero attached hydrogens (tertiary/aromatic N) is 1. The van der Waals surface area contributed by atoms with E-state index in [9.17, 15) is 4.79 Å². The Kier molecular flexibility index (Phi) is 4.80. The first-order valence-electron chi connectivity index (χ1n) is 8.90. The zero-order chi connectivity index (χ0) is 18.3. The molecule has 0 radical (unpaired) electrons. The van der Waals surface area contributed by atoms with Gasteiger partial charge in [-0.05, 0) is 61.9 Å². The van der Waals surface area contributed by atoms with E-state index in [1.54, 1.807) is 30.2 Å². The molecule has 6 heteroatoms. The molecule has 1 N–H and O–H groups in total. The van der Waals surface area contributed by atoms with Gasteiger partial charge in [-0.15, -0.1) is 23.1 Å². The SMILES string of the molecule is COc1ccc(S[C@@H](C)c2nc3sc4c(c3c(=O)[nH]2)CC[C@@H](C)C4)cc1. The van der Waals surface area contributed by atoms with Gasteiger partial charge < -0.3 is 9.72 Å². The molecule has 0 bridgehead atoms. The second kappa shape index (κ2) is 7.08. The minimum Gasteiger partial charge on any atom is -0.497 e. The Balaban J connectivity index is 1.65. The topological polar surface area (TPSA) is 55.0 Å². The number of methoxy groups -OCH3 is 1. The summed E-state index contributed by atoms with van der Waals surface area (Å²) in [5.41, 5.74) is 1.25. The summed E-state index contributed by atoms with van der Waals surface area (Å²) >= 11 is 3.39. The zero-order valence-corrected chi connectivity index (χ0v) is 16.8. The van der Waals surface area contributed by atoms with Crippen molar-refractivity contribution in [1.29, 1.82) is 0 Å². The van der Waals surface area contributed by atoms with Crippen molar-refractivity contribution in [3.8, 4) is 5.75 Å². The Bertz CT molecular complexity index is 991. The Hall–Kier alpha value is -1.79. The number of ether oxygens (including phenoxy) is 1. The lowest BCUT2D eigenvalue weighted by Crippen LogP contribution is -2.15. The van der Waals surface area contributed by atoms with Crippen molar-refractivity contribution in [1.82, 2.24) is 9.97 Å². The van der Waals surface area contributed by atoms with Crippen LogP contribution in [-0.4, -0.2) is 17.1 Å². The van der Waals surface area contributed by atoms with Crippen LogP contribution in [0.4, 0.5) is 0 Å². The third-order valence-corrected chi connectivity index (χ3v) is 7.21. The number of H-pyrrole nitrogens is 1. The summed E-state index contributed by atoms with van der Waals surface area (Å²) in [4.78, 5) is 24.0. The number of rotatable bonds is 4. The van der Waals surface area contributed by atoms with Gasteiger partial charge in [-0.25, -0.2) is 4.98 Å². The van der Waals surface area contributed by atoms with Crippen molar-refractivity contribution in [2.75, 3.05) is 7.11 Å². The van der Waals surface area contributed by atoms with E-state index in [1.807, 2.05) is 24.3 Å². The lowest BCUT2D eigenvalue weighted by atomic mass is 9.89. The zero-order valence-electron chi connectivity index (χ0n) is 15.2. The number of hydrogen-bond donors (Lipinski definition) is 1. The maximum atomic E-state index is 12.7. The average molecular weight is 387 g/mol. The fourth-order valence-electron chi connectivity index (χ4n) is 3.47. The molecule has 2 atom stereocenters. The van der Waals surface area contributed by atoms with Gasteiger partial charge in [-0.3, -0.25) is 4.79 Å². The van der Waals surface area contributed by atoms with Crippen LogP contribution < -0.4 is 10.3 Å². The summed E-state index contributed by atoms with van der Waals surface area (Å²) in [6.07, 6.45) is 3.22. The van der Waals surface area contributed by atoms with Gasteiger partial charge in [-0.1, -0.05) is 6.92 Å². The van der Waals surface area contributed by atoms with E-state index >= 15 is 0 Å². The number of nitrogens with one attached hydrogen (secondary N) is 1. The summed E-state index contributed by atoms with van der Waals surface area (Å²) in [5, 5.41) is 0.890. The van der Waals surface area contributed by atoms with E-state index in [-0.39, 0.29) is 10.8 Å². The van der Waals surface area contributed by atoms with Gasteiger partial charge in [0.05, 0.1) is 17.7 Å². The van der Waals surface area contributed by atoms with Crippen molar-refractivity contribution < 1.29 is 4.74 Å². The van der Waals surface area contributed by atoms with Gasteiger partial charge in [0.1, 0.15) is 16.4 Å². The van der Waals surface area contributed by atoms with E-state index in [0.29, 0.717) is 5.92 Å². The van der Waals surface area contributed by atoms with Crippen LogP contribution in [0.3, 0.4) is 0 Å². The molecule has 2 heterocycles. The molecule has 26 heavy (non-hydrogen) atoms. The van der Waals surface area contributed by atoms with Crippen LogP contribution in [0.5, 0.6) is 5.75 Å². The largest absolute Gasteiger partial charge is 0.497 e. The van der Waals surface area contributed by atoms with Gasteiger partial charge in [0, 0.05) is 9.77 Å². The first-order valence-corrected chi connectivity index (χ1v) is 10.6. The molecule has 0 spiro atoms. The van der Waals surface area contributed by atoms with E-state index in [4.69, 9.17) is 9.72 Å². The summed E-state index contributed by atoms with van der Waals surface area (Å²) in [7, 11) is 1.66. The number of aromatic amines is 1. The maximum Gasteiger partial charge on any atom is 0.259 e. The standard InChI is InChI=1S/C20H22N2O2S2/c1-11-4-9-15-16(10-11)26-20-17(15)19(23)21-18(22-20)12(2)25-14-7-5-13(24-3)6-8-14/h5-8,11-12H,4,9-10H2,1-3H3,(H,21,22,23)/t11-,12+/m1/s1. The summed E-state index contributed by atoms with van der Waals surface area (Å²) in [6.45, 7) is 4.36. The van der Waals surface area contributed by atoms with Crippen LogP contribution in [0.25, 0.3) is 10.2 Å². The van der Waals surface area contributed by atoms with Crippen LogP contribution in [0.1, 0.15) is 41.8 Å². The number of hydrogen-bond acceptors (Lipinski definition) is 5. The normalized spacial score (nSPS) is 17.9. The molecule has 2 aromatic heterocycles. The minimum absolute atomic E-state index is 0.0132. The van der Waals surface area contributed by atoms with E-state index in [1.165, 1.54) is 10.4 Å². The van der Waals surface area contributed by atoms with E-state index < -0.39 is 0 Å². The average Bonchev–Trinajstić information content (AvgIpc) is 3.00. The summed E-state index contributed by atoms with van der Waals surface area (Å²) < 4.78 is 5.20. The molecule has 0 amide bonds. The Morgan fingerprint density at radius 1 is 1.35 bits per heavy atom. The van der Waals surface area contributed by atoms with Crippen molar-refractivity contribution in [2.45, 2.75) is 43.3 Å². The number of thioether (sulfide) groups is 1. The smallest absolute Gasteiger partial charge is 0.259 e. The monoisotopic (exact) mass is 386 g/mol. The molecule has 0 aliphatic heterocycles. The number of benzene rings is 1. The molecule has 0 saturated heterocycles. The molecule has 1 aliphatic rings. The third-order valence-electron chi connectivity index (χ3n) is 4.94. The molecular weight excluding hydrogens is 364 g/mol. The predicted molar refractivity (Wildman–Crippen MR) is 109 cm³/mol. The fourth-order valence-corrected chi connectivity index (χ4v) is 5.79. The van der Waals surface area contributed by atoms with Crippen LogP contribution in [0.15, 0.2) is 34.0 Å². The molecule has 0 fully saturated rings. The third kappa shape index (κ3) is 3.28. The van der Waals surface area contributed by atoms with E-state index in [2.05, 4.69) is 18.8 Å². The van der Waals surface area contributed by atoms with Crippen molar-refractivity contribution >= 4 is 33.3 Å². The highest BCUT2D eigenvalue weighted by Gasteiger charge is 2.23. The van der Waals surface area contributed by atoms with Crippen LogP contribution in [0.2, 0.25) is 0 Å². The van der Waals surface area contributed by atoms with Gasteiger partial charge >= 0.3 is 0 Å². The molecule has 136 valence electrons. The number of aromatic nitrogens is 2. The highest BCUT2D eigenvalue weighted by atomic mass is 32.2. The molecule has 0 saturated carbocycles. The summed E-state index contributed by atoms with van der Waals surface area (Å²) in [6, 6.07) is 7.95. The second-order valence-electron chi connectivity index (χ2n) is 6.92. The van der Waals surface area contributed by atoms with Gasteiger partial charge in [0.15, 0.2) is 0 Å². The van der Waals surface area contributed by atoms with Crippen molar-refractivity contribution in [2.24, 2.45) is 5.92 Å². The molecule has 1 aliphatic carbocycles. The minimum atomic E-state index is 0.0132. The van der Waals surface area contributed by atoms with Gasteiger partial charge in [0.2, 0.25) is 0 Å². The van der Waals surface area contributed by atoms with Gasteiger partial charge in [0.25, 0.3) is 5.56 Å². The highest BCUT2D eigenvalue weighted by molar-refractivity contribution is 7.99. The van der Waals surface area contributed by atoms with Crippen molar-refractivity contribution in [3.05, 3.63) is 50.9 Å². The Morgan fingerprint density at radius 3 is 2.85 bits per heavy atom. The quantitative estimate of drug-likeness (QED) is 0.643. The molecule has 4 nitrogen and oxygen atoms in total. The van der Waals surface area contributed by atoms with Crippen LogP contribution >= 0.6 is 23.1 Å². The molecule has 4 rings (SSSR count). The fraction of sp³-hybridized carbons (Fsp3) is 0.400. The number of fused-ring (bicyclic) bond motifs is 3. The van der Waals surface area contributed by atoms with E-state index in [0.717, 1.165) is 45.9 Å². The maximum absolute atomic E-state index is 12.7. The molecule has 3 aromatic rings. The van der Waals surface area contributed by atoms with Crippen LogP contribution in [0, 0.1) is 5.92 Å². The van der Waals surface area contributed by atoms with Crippen LogP contribution in [-0.2, 0) is 12.8 Å². The Labute approximate surface area is 161 Å². The number of thiophene rings is 1. The summed E-state index contributed by atoms with van der Waals surface area (Å²) in [5.74, 6) is 2.28. The van der Waals surface area contributed by atoms with Crippen molar-refractivity contribution in [3.63, 3.8) is 0 Å². The molecule has 0 unspecified atom stereocenters. The first-order chi connectivity index (χ1) is 12.5. The molecule has 1 aromatic carbocycles. The first kappa shape index (κ1) is 17.6. The predicted octanol–water partition coefficient (Wildman–Crippen LogP) is 4.97. The lowest BCUT2D eigenvalue weighted by molar-refractivity contribution is 0.414. The Morgan fingerprint density at radius 2 is 2.12 bits per heavy atom. The lowest BCUT2D eigenvalue weighted by Gasteiger charge is -2.17. The number of aryl methyl sites for hydroxylation is 1. The van der Waals surface area contributed by atoms with Gasteiger partial charge in [-0.2, -0.15) is 0 Å². The second-order valence-corrected chi connectivity index (χ2v) is 9.42.